The number of methoxy groups -OCH3 is 2. The van der Waals surface area contributed by atoms with Gasteiger partial charge in [0.15, 0.2) is 0 Å². The third-order valence-electron chi connectivity index (χ3n) is 3.67. The van der Waals surface area contributed by atoms with E-state index in [9.17, 15) is 4.21 Å². The highest BCUT2D eigenvalue weighted by Crippen LogP contribution is 2.46. The number of ether oxygens (including phenoxy) is 2. The maximum atomic E-state index is 12.9. The van der Waals surface area contributed by atoms with Crippen LogP contribution in [0.4, 0.5) is 0 Å². The van der Waals surface area contributed by atoms with Crippen LogP contribution in [0.1, 0.15) is 16.7 Å². The van der Waals surface area contributed by atoms with Crippen LogP contribution in [0.5, 0.6) is 11.5 Å². The van der Waals surface area contributed by atoms with E-state index in [-0.39, 0.29) is 0 Å². The maximum Gasteiger partial charge on any atom is 0.121 e. The molecule has 0 aliphatic carbocycles. The highest BCUT2D eigenvalue weighted by Gasteiger charge is 2.29. The van der Waals surface area contributed by atoms with Gasteiger partial charge in [0.2, 0.25) is 0 Å². The lowest BCUT2D eigenvalue weighted by atomic mass is 10.1. The molecule has 0 fully saturated rings. The fourth-order valence-corrected chi connectivity index (χ4v) is 5.11. The van der Waals surface area contributed by atoms with Gasteiger partial charge in [0.05, 0.1) is 34.8 Å². The lowest BCUT2D eigenvalue weighted by molar-refractivity contribution is 0.411. The summed E-state index contributed by atoms with van der Waals surface area (Å²) in [7, 11) is 2.02. The van der Waals surface area contributed by atoms with Crippen molar-refractivity contribution in [2.45, 2.75) is 11.8 Å². The minimum absolute atomic E-state index is 0.708. The Hall–Kier alpha value is -1.59. The van der Waals surface area contributed by atoms with Crippen LogP contribution in [0.3, 0.4) is 0 Å². The molecule has 114 valence electrons. The number of hydrogen-bond donors (Lipinski definition) is 0. The molecule has 1 aliphatic heterocycles. The van der Waals surface area contributed by atoms with Gasteiger partial charge in [-0.05, 0) is 64.3 Å². The molecule has 0 bridgehead atoms. The molecule has 0 N–H and O–H groups in total. The molecule has 0 saturated carbocycles. The van der Waals surface area contributed by atoms with Crippen LogP contribution in [-0.4, -0.2) is 18.4 Å². The van der Waals surface area contributed by atoms with E-state index in [1.807, 2.05) is 43.3 Å². The smallest absolute Gasteiger partial charge is 0.121 e. The van der Waals surface area contributed by atoms with Gasteiger partial charge in [-0.2, -0.15) is 0 Å². The Morgan fingerprint density at radius 2 is 1.82 bits per heavy atom. The van der Waals surface area contributed by atoms with Crippen LogP contribution in [0.15, 0.2) is 41.3 Å². The molecule has 0 spiro atoms. The van der Waals surface area contributed by atoms with E-state index in [0.717, 1.165) is 36.7 Å². The molecular formula is C17H15BrO3S. The Morgan fingerprint density at radius 1 is 1.05 bits per heavy atom. The van der Waals surface area contributed by atoms with Crippen LogP contribution in [-0.2, 0) is 10.8 Å². The summed E-state index contributed by atoms with van der Waals surface area (Å²) in [6.45, 7) is 1.98. The van der Waals surface area contributed by atoms with Crippen molar-refractivity contribution in [3.63, 3.8) is 0 Å². The van der Waals surface area contributed by atoms with E-state index in [2.05, 4.69) is 15.9 Å². The summed E-state index contributed by atoms with van der Waals surface area (Å²) >= 11 is 3.60. The van der Waals surface area contributed by atoms with Crippen molar-refractivity contribution in [1.82, 2.24) is 0 Å². The van der Waals surface area contributed by atoms with Gasteiger partial charge in [-0.15, -0.1) is 0 Å². The third-order valence-corrected chi connectivity index (χ3v) is 6.30. The highest BCUT2D eigenvalue weighted by atomic mass is 79.9. The molecule has 5 heteroatoms. The van der Waals surface area contributed by atoms with Crippen molar-refractivity contribution in [3.05, 3.63) is 53.1 Å². The summed E-state index contributed by atoms with van der Waals surface area (Å²) < 4.78 is 24.3. The molecule has 0 amide bonds. The monoisotopic (exact) mass is 378 g/mol. The van der Waals surface area contributed by atoms with Crippen molar-refractivity contribution in [2.75, 3.05) is 14.2 Å². The second kappa shape index (κ2) is 5.89. The van der Waals surface area contributed by atoms with Crippen LogP contribution in [0, 0.1) is 6.92 Å². The number of hydrogen-bond acceptors (Lipinski definition) is 3. The fraction of sp³-hybridized carbons (Fsp3) is 0.176. The van der Waals surface area contributed by atoms with E-state index in [1.54, 1.807) is 14.2 Å². The molecule has 1 atom stereocenters. The zero-order valence-corrected chi connectivity index (χ0v) is 14.9. The summed E-state index contributed by atoms with van der Waals surface area (Å²) in [5, 5.41) is 0. The van der Waals surface area contributed by atoms with E-state index in [0.29, 0.717) is 5.75 Å². The summed E-state index contributed by atoms with van der Waals surface area (Å²) in [6.07, 6.45) is 0. The number of fused-ring (bicyclic) bond motifs is 1. The molecule has 0 aromatic heterocycles. The minimum Gasteiger partial charge on any atom is -0.497 e. The lowest BCUT2D eigenvalue weighted by Gasteiger charge is -2.08. The first kappa shape index (κ1) is 15.3. The predicted molar refractivity (Wildman–Crippen MR) is 92.9 cm³/mol. The first-order valence-electron chi connectivity index (χ1n) is 6.71. The van der Waals surface area contributed by atoms with Gasteiger partial charge in [-0.1, -0.05) is 6.07 Å². The van der Waals surface area contributed by atoms with Crippen molar-refractivity contribution < 1.29 is 13.7 Å². The van der Waals surface area contributed by atoms with Gasteiger partial charge < -0.3 is 9.47 Å². The maximum absolute atomic E-state index is 12.9. The molecule has 1 aliphatic rings. The summed E-state index contributed by atoms with van der Waals surface area (Å²) in [4.78, 5) is 1.56. The Kier molecular flexibility index (Phi) is 4.10. The molecular weight excluding hydrogens is 364 g/mol. The Balaban J connectivity index is 2.11. The average molecular weight is 379 g/mol. The predicted octanol–water partition coefficient (Wildman–Crippen LogP) is 4.35. The summed E-state index contributed by atoms with van der Waals surface area (Å²) in [5.41, 5.74) is 2.89. The van der Waals surface area contributed by atoms with Gasteiger partial charge in [0, 0.05) is 10.0 Å². The Morgan fingerprint density at radius 3 is 2.45 bits per heavy atom. The van der Waals surface area contributed by atoms with E-state index in [4.69, 9.17) is 9.47 Å². The topological polar surface area (TPSA) is 35.5 Å². The molecule has 2 aromatic rings. The van der Waals surface area contributed by atoms with Crippen LogP contribution < -0.4 is 9.47 Å². The first-order chi connectivity index (χ1) is 10.6. The highest BCUT2D eigenvalue weighted by molar-refractivity contribution is 9.15. The van der Waals surface area contributed by atoms with Crippen molar-refractivity contribution in [3.8, 4) is 11.5 Å². The standard InChI is InChI=1S/C17H15BrO3S/c1-10-8-11(4-7-14(10)21-3)17-16(18)13-6-5-12(20-2)9-15(13)22(17)19/h4-9H,1-3H3. The normalized spacial score (nSPS) is 16.6. The number of halogens is 1. The van der Waals surface area contributed by atoms with Crippen LogP contribution in [0.25, 0.3) is 9.39 Å². The largest absolute Gasteiger partial charge is 0.497 e. The van der Waals surface area contributed by atoms with Crippen molar-refractivity contribution in [2.24, 2.45) is 0 Å². The number of benzene rings is 2. The molecule has 0 saturated heterocycles. The van der Waals surface area contributed by atoms with Gasteiger partial charge in [0.25, 0.3) is 0 Å². The molecule has 22 heavy (non-hydrogen) atoms. The van der Waals surface area contributed by atoms with Gasteiger partial charge >= 0.3 is 0 Å². The molecule has 2 aromatic carbocycles. The van der Waals surface area contributed by atoms with E-state index < -0.39 is 10.8 Å². The SMILES string of the molecule is COc1ccc2c(c1)S(=O)C(c1ccc(OC)c(C)c1)=C2Br. The molecule has 0 radical (unpaired) electrons. The van der Waals surface area contributed by atoms with E-state index >= 15 is 0 Å². The van der Waals surface area contributed by atoms with Crippen molar-refractivity contribution >= 4 is 36.1 Å². The second-order valence-corrected chi connectivity index (χ2v) is 7.14. The van der Waals surface area contributed by atoms with Crippen LogP contribution in [0.2, 0.25) is 0 Å². The lowest BCUT2D eigenvalue weighted by Crippen LogP contribution is -1.94. The third kappa shape index (κ3) is 2.38. The zero-order valence-electron chi connectivity index (χ0n) is 12.5. The van der Waals surface area contributed by atoms with Gasteiger partial charge in [-0.25, -0.2) is 4.21 Å². The number of rotatable bonds is 3. The average Bonchev–Trinajstić information content (AvgIpc) is 2.78. The summed E-state index contributed by atoms with van der Waals surface area (Å²) in [6, 6.07) is 11.5. The van der Waals surface area contributed by atoms with Crippen LogP contribution >= 0.6 is 15.9 Å². The Labute approximate surface area is 140 Å². The fourth-order valence-electron chi connectivity index (χ4n) is 2.53. The molecule has 3 rings (SSSR count). The van der Waals surface area contributed by atoms with Crippen molar-refractivity contribution in [1.29, 1.82) is 0 Å². The molecule has 1 heterocycles. The van der Waals surface area contributed by atoms with Gasteiger partial charge in [-0.3, -0.25) is 0 Å². The molecule has 1 unspecified atom stereocenters. The Bertz CT molecular complexity index is 812. The molecule has 3 nitrogen and oxygen atoms in total. The zero-order chi connectivity index (χ0) is 15.9. The quantitative estimate of drug-likeness (QED) is 0.795. The second-order valence-electron chi connectivity index (χ2n) is 4.96. The van der Waals surface area contributed by atoms with E-state index in [1.165, 1.54) is 0 Å². The first-order valence-corrected chi connectivity index (χ1v) is 8.66. The minimum atomic E-state index is -1.23. The summed E-state index contributed by atoms with van der Waals surface area (Å²) in [5.74, 6) is 1.53. The number of aryl methyl sites for hydroxylation is 1. The van der Waals surface area contributed by atoms with Gasteiger partial charge in [0.1, 0.15) is 11.5 Å².